The predicted octanol–water partition coefficient (Wildman–Crippen LogP) is 2.58. The molecule has 0 saturated heterocycles. The lowest BCUT2D eigenvalue weighted by atomic mass is 10.0. The number of nitrogens with one attached hydrogen (secondary N) is 1. The van der Waals surface area contributed by atoms with Crippen molar-refractivity contribution in [3.8, 4) is 5.75 Å². The molecule has 1 aliphatic rings. The first kappa shape index (κ1) is 8.42. The van der Waals surface area contributed by atoms with Crippen LogP contribution in [0.1, 0.15) is 19.4 Å². The zero-order valence-electron chi connectivity index (χ0n) is 8.35. The Hall–Kier alpha value is -1.18. The summed E-state index contributed by atoms with van der Waals surface area (Å²) >= 11 is 0. The number of rotatable bonds is 0. The zero-order valence-corrected chi connectivity index (χ0v) is 8.35. The molecule has 2 rings (SSSR count). The van der Waals surface area contributed by atoms with Crippen LogP contribution in [0.4, 0.5) is 5.69 Å². The van der Waals surface area contributed by atoms with Gasteiger partial charge < -0.3 is 10.1 Å². The van der Waals surface area contributed by atoms with E-state index >= 15 is 0 Å². The molecule has 70 valence electrons. The highest BCUT2D eigenvalue weighted by Crippen LogP contribution is 2.34. The largest absolute Gasteiger partial charge is 0.489 e. The molecule has 2 nitrogen and oxygen atoms in total. The Morgan fingerprint density at radius 2 is 2.15 bits per heavy atom. The van der Waals surface area contributed by atoms with Gasteiger partial charge >= 0.3 is 0 Å². The summed E-state index contributed by atoms with van der Waals surface area (Å²) in [5.41, 5.74) is 2.35. The van der Waals surface area contributed by atoms with E-state index in [-0.39, 0.29) is 5.54 Å². The highest BCUT2D eigenvalue weighted by molar-refractivity contribution is 5.62. The SMILES string of the molecule is Cc1cccc2c1OCC(C)(C)N2. The normalized spacial score (nSPS) is 18.4. The number of fused-ring (bicyclic) bond motifs is 1. The molecule has 1 N–H and O–H groups in total. The lowest BCUT2D eigenvalue weighted by molar-refractivity contribution is 0.240. The third-order valence-electron chi connectivity index (χ3n) is 2.26. The summed E-state index contributed by atoms with van der Waals surface area (Å²) in [4.78, 5) is 0. The van der Waals surface area contributed by atoms with Gasteiger partial charge in [-0.15, -0.1) is 0 Å². The van der Waals surface area contributed by atoms with Crippen LogP contribution in [0.15, 0.2) is 18.2 Å². The Balaban J connectivity index is 2.42. The smallest absolute Gasteiger partial charge is 0.145 e. The van der Waals surface area contributed by atoms with Crippen LogP contribution in [-0.2, 0) is 0 Å². The maximum absolute atomic E-state index is 5.71. The van der Waals surface area contributed by atoms with Crippen molar-refractivity contribution in [2.24, 2.45) is 0 Å². The van der Waals surface area contributed by atoms with Crippen LogP contribution in [0.2, 0.25) is 0 Å². The molecule has 0 bridgehead atoms. The van der Waals surface area contributed by atoms with Gasteiger partial charge in [0.15, 0.2) is 0 Å². The second-order valence-corrected chi connectivity index (χ2v) is 4.25. The van der Waals surface area contributed by atoms with E-state index in [1.54, 1.807) is 0 Å². The van der Waals surface area contributed by atoms with E-state index in [0.29, 0.717) is 0 Å². The molecule has 0 spiro atoms. The fourth-order valence-corrected chi connectivity index (χ4v) is 1.60. The summed E-state index contributed by atoms with van der Waals surface area (Å²) < 4.78 is 5.71. The fraction of sp³-hybridized carbons (Fsp3) is 0.455. The van der Waals surface area contributed by atoms with Crippen LogP contribution in [0.5, 0.6) is 5.75 Å². The van der Waals surface area contributed by atoms with E-state index in [9.17, 15) is 0 Å². The Kier molecular flexibility index (Phi) is 1.72. The van der Waals surface area contributed by atoms with Crippen molar-refractivity contribution in [3.05, 3.63) is 23.8 Å². The number of hydrogen-bond donors (Lipinski definition) is 1. The molecule has 1 aromatic carbocycles. The van der Waals surface area contributed by atoms with E-state index in [4.69, 9.17) is 4.74 Å². The Bertz CT molecular complexity index is 331. The lowest BCUT2D eigenvalue weighted by Crippen LogP contribution is -2.41. The predicted molar refractivity (Wildman–Crippen MR) is 54.4 cm³/mol. The van der Waals surface area contributed by atoms with Crippen LogP contribution in [0.25, 0.3) is 0 Å². The van der Waals surface area contributed by atoms with Crippen LogP contribution >= 0.6 is 0 Å². The van der Waals surface area contributed by atoms with Gasteiger partial charge in [0.05, 0.1) is 11.2 Å². The number of anilines is 1. The molecule has 0 fully saturated rings. The summed E-state index contributed by atoms with van der Waals surface area (Å²) in [6, 6.07) is 6.17. The van der Waals surface area contributed by atoms with Crippen molar-refractivity contribution in [3.63, 3.8) is 0 Å². The quantitative estimate of drug-likeness (QED) is 0.657. The molecule has 2 heteroatoms. The van der Waals surface area contributed by atoms with Gasteiger partial charge in [0, 0.05) is 0 Å². The van der Waals surface area contributed by atoms with Gasteiger partial charge in [-0.1, -0.05) is 12.1 Å². The van der Waals surface area contributed by atoms with Gasteiger partial charge in [0.2, 0.25) is 0 Å². The van der Waals surface area contributed by atoms with E-state index in [0.717, 1.165) is 18.0 Å². The minimum atomic E-state index is 0.0425. The van der Waals surface area contributed by atoms with E-state index < -0.39 is 0 Å². The van der Waals surface area contributed by atoms with Crippen molar-refractivity contribution in [1.29, 1.82) is 0 Å². The molecule has 0 unspecified atom stereocenters. The number of ether oxygens (including phenoxy) is 1. The van der Waals surface area contributed by atoms with Crippen molar-refractivity contribution < 1.29 is 4.74 Å². The molecule has 1 aromatic rings. The first-order chi connectivity index (χ1) is 6.08. The van der Waals surface area contributed by atoms with E-state index in [1.165, 1.54) is 5.56 Å². The summed E-state index contributed by atoms with van der Waals surface area (Å²) in [5.74, 6) is 1.00. The molecular formula is C11H15NO. The van der Waals surface area contributed by atoms with Crippen molar-refractivity contribution in [2.75, 3.05) is 11.9 Å². The molecule has 0 aliphatic carbocycles. The molecule has 1 heterocycles. The third kappa shape index (κ3) is 1.48. The van der Waals surface area contributed by atoms with Crippen LogP contribution < -0.4 is 10.1 Å². The maximum atomic E-state index is 5.71. The summed E-state index contributed by atoms with van der Waals surface area (Å²) in [5, 5.41) is 3.45. The lowest BCUT2D eigenvalue weighted by Gasteiger charge is -2.34. The third-order valence-corrected chi connectivity index (χ3v) is 2.26. The van der Waals surface area contributed by atoms with E-state index in [1.807, 2.05) is 6.07 Å². The average molecular weight is 177 g/mol. The van der Waals surface area contributed by atoms with Crippen LogP contribution in [0, 0.1) is 6.92 Å². The molecule has 13 heavy (non-hydrogen) atoms. The fourth-order valence-electron chi connectivity index (χ4n) is 1.60. The molecule has 0 amide bonds. The maximum Gasteiger partial charge on any atom is 0.145 e. The number of benzene rings is 1. The standard InChI is InChI=1S/C11H15NO/c1-8-5-4-6-9-10(8)13-7-11(2,3)12-9/h4-6,12H,7H2,1-3H3. The minimum absolute atomic E-state index is 0.0425. The monoisotopic (exact) mass is 177 g/mol. The van der Waals surface area contributed by atoms with Gasteiger partial charge in [-0.3, -0.25) is 0 Å². The Labute approximate surface area is 78.9 Å². The summed E-state index contributed by atoms with van der Waals surface area (Å²) in [6.07, 6.45) is 0. The second-order valence-electron chi connectivity index (χ2n) is 4.25. The van der Waals surface area contributed by atoms with Gasteiger partial charge in [0.25, 0.3) is 0 Å². The van der Waals surface area contributed by atoms with Crippen molar-refractivity contribution in [2.45, 2.75) is 26.3 Å². The molecule has 1 aliphatic heterocycles. The second kappa shape index (κ2) is 2.66. The van der Waals surface area contributed by atoms with Crippen molar-refractivity contribution >= 4 is 5.69 Å². The van der Waals surface area contributed by atoms with Crippen LogP contribution in [0.3, 0.4) is 0 Å². The van der Waals surface area contributed by atoms with Crippen LogP contribution in [-0.4, -0.2) is 12.1 Å². The molecule has 0 saturated carbocycles. The number of aryl methyl sites for hydroxylation is 1. The minimum Gasteiger partial charge on any atom is -0.489 e. The first-order valence-corrected chi connectivity index (χ1v) is 4.59. The van der Waals surface area contributed by atoms with Crippen molar-refractivity contribution in [1.82, 2.24) is 0 Å². The van der Waals surface area contributed by atoms with Gasteiger partial charge in [-0.25, -0.2) is 0 Å². The zero-order chi connectivity index (χ0) is 9.47. The van der Waals surface area contributed by atoms with Gasteiger partial charge in [-0.2, -0.15) is 0 Å². The summed E-state index contributed by atoms with van der Waals surface area (Å²) in [7, 11) is 0. The average Bonchev–Trinajstić information content (AvgIpc) is 2.02. The molecular weight excluding hydrogens is 162 g/mol. The molecule has 0 atom stereocenters. The molecule has 0 aromatic heterocycles. The first-order valence-electron chi connectivity index (χ1n) is 4.59. The highest BCUT2D eigenvalue weighted by Gasteiger charge is 2.25. The Morgan fingerprint density at radius 1 is 1.38 bits per heavy atom. The number of para-hydroxylation sites is 1. The van der Waals surface area contributed by atoms with Gasteiger partial charge in [0.1, 0.15) is 12.4 Å². The summed E-state index contributed by atoms with van der Waals surface area (Å²) in [6.45, 7) is 7.07. The van der Waals surface area contributed by atoms with E-state index in [2.05, 4.69) is 38.2 Å². The molecule has 0 radical (unpaired) electrons. The highest BCUT2D eigenvalue weighted by atomic mass is 16.5. The topological polar surface area (TPSA) is 21.3 Å². The number of hydrogen-bond acceptors (Lipinski definition) is 2. The Morgan fingerprint density at radius 3 is 2.92 bits per heavy atom. The van der Waals surface area contributed by atoms with Gasteiger partial charge in [-0.05, 0) is 32.4 Å².